The molecule has 168 valence electrons. The number of nitrogen functional groups attached to an aromatic ring is 1. The first-order chi connectivity index (χ1) is 15.0. The summed E-state index contributed by atoms with van der Waals surface area (Å²) in [6.07, 6.45) is 0.0551. The summed E-state index contributed by atoms with van der Waals surface area (Å²) >= 11 is 3.37. The Labute approximate surface area is 200 Å². The summed E-state index contributed by atoms with van der Waals surface area (Å²) in [5, 5.41) is 1.01. The van der Waals surface area contributed by atoms with Gasteiger partial charge in [0, 0.05) is 34.8 Å². The maximum absolute atomic E-state index is 14.3. The van der Waals surface area contributed by atoms with Crippen LogP contribution in [0.5, 0.6) is 0 Å². The van der Waals surface area contributed by atoms with Gasteiger partial charge in [0.05, 0.1) is 14.5 Å². The molecule has 2 aromatic rings. The monoisotopic (exact) mass is 572 g/mol. The number of anilines is 2. The molecule has 1 aromatic carbocycles. The molecule has 1 fully saturated rings. The molecule has 12 heteroatoms. The van der Waals surface area contributed by atoms with Crippen molar-refractivity contribution in [2.75, 3.05) is 22.2 Å². The van der Waals surface area contributed by atoms with Crippen LogP contribution < -0.4 is 27.3 Å². The van der Waals surface area contributed by atoms with Gasteiger partial charge in [-0.1, -0.05) is 4.98 Å². The fraction of sp³-hybridized carbons (Fsp3) is 0.300. The summed E-state index contributed by atoms with van der Waals surface area (Å²) in [6, 6.07) is 2.19. The van der Waals surface area contributed by atoms with Crippen LogP contribution in [0.2, 0.25) is 0 Å². The van der Waals surface area contributed by atoms with Crippen molar-refractivity contribution in [3.05, 3.63) is 49.7 Å². The van der Waals surface area contributed by atoms with E-state index in [4.69, 9.17) is 17.3 Å². The highest BCUT2D eigenvalue weighted by Gasteiger charge is 2.50. The lowest BCUT2D eigenvalue weighted by atomic mass is 9.87. The average molecular weight is 572 g/mol. The molecule has 0 radical (unpaired) electrons. The van der Waals surface area contributed by atoms with E-state index in [-0.39, 0.29) is 33.2 Å². The number of carbonyl (C=O) groups excluding carboxylic acids is 1. The molecular formula is C20H21F2IN7OS+. The van der Waals surface area contributed by atoms with Crippen molar-refractivity contribution in [2.24, 2.45) is 16.6 Å². The van der Waals surface area contributed by atoms with Crippen molar-refractivity contribution in [2.45, 2.75) is 25.7 Å². The van der Waals surface area contributed by atoms with Crippen molar-refractivity contribution in [1.29, 1.82) is 0 Å². The smallest absolute Gasteiger partial charge is 0.384 e. The third-order valence-corrected chi connectivity index (χ3v) is 7.67. The Bertz CT molecular complexity index is 1210. The van der Waals surface area contributed by atoms with Crippen LogP contribution >= 0.6 is 34.4 Å². The minimum Gasteiger partial charge on any atom is -0.401 e. The van der Waals surface area contributed by atoms with E-state index in [0.717, 1.165) is 22.7 Å². The Hall–Kier alpha value is -2.32. The average Bonchev–Trinajstić information content (AvgIpc) is 3.26. The standard InChI is InChI=1S/C20H20F2IN7OS/c1-20(2)14-16(25)28-19(29-17(14)30(26)18(20)31)27-13-7-32-6-9(13)12(24)5-8-10(21)3-4-11(22)15(8)23/h3-4H,5-7,24,26H2,1-2H3,(H2,25,28,29)/p+1. The van der Waals surface area contributed by atoms with Crippen molar-refractivity contribution in [3.63, 3.8) is 0 Å². The summed E-state index contributed by atoms with van der Waals surface area (Å²) in [6.45, 7) is 3.45. The number of hydrogen-bond donors (Lipinski definition) is 3. The van der Waals surface area contributed by atoms with Gasteiger partial charge in [-0.15, -0.1) is 16.8 Å². The molecular weight excluding hydrogens is 551 g/mol. The molecule has 2 aliphatic heterocycles. The van der Waals surface area contributed by atoms with Crippen LogP contribution in [0, 0.1) is 15.2 Å². The second kappa shape index (κ2) is 8.23. The number of carbonyl (C=O) groups is 1. The number of aromatic amines is 1. The number of thioether (sulfide) groups is 1. The number of amides is 1. The second-order valence-electron chi connectivity index (χ2n) is 8.02. The van der Waals surface area contributed by atoms with Crippen LogP contribution in [0.4, 0.5) is 26.4 Å². The maximum atomic E-state index is 14.3. The van der Waals surface area contributed by atoms with Crippen LogP contribution in [0.1, 0.15) is 25.0 Å². The number of rotatable bonds is 3. The van der Waals surface area contributed by atoms with E-state index in [1.54, 1.807) is 48.2 Å². The first kappa shape index (κ1) is 22.9. The summed E-state index contributed by atoms with van der Waals surface area (Å²) in [4.78, 5) is 24.3. The lowest BCUT2D eigenvalue weighted by Gasteiger charge is -2.13. The van der Waals surface area contributed by atoms with Crippen LogP contribution in [0.3, 0.4) is 0 Å². The van der Waals surface area contributed by atoms with Gasteiger partial charge in [0.1, 0.15) is 17.3 Å². The van der Waals surface area contributed by atoms with E-state index < -0.39 is 17.0 Å². The van der Waals surface area contributed by atoms with Crippen molar-refractivity contribution < 1.29 is 18.6 Å². The molecule has 0 saturated carbocycles. The molecule has 1 saturated heterocycles. The minimum atomic E-state index is -0.909. The van der Waals surface area contributed by atoms with Crippen LogP contribution in [-0.2, 0) is 16.6 Å². The molecule has 2 aliphatic rings. The van der Waals surface area contributed by atoms with Gasteiger partial charge in [0.2, 0.25) is 5.82 Å². The van der Waals surface area contributed by atoms with E-state index in [9.17, 15) is 13.6 Å². The number of nitrogens with two attached hydrogens (primary N) is 3. The number of benzene rings is 1. The SMILES string of the molecule is CC1(C)C(=O)N(N)c2[nH+]c(N=C3CSCC3=C(N)Cc3c(F)ccc(F)c3I)nc(N)c21. The van der Waals surface area contributed by atoms with E-state index in [0.29, 0.717) is 34.3 Å². The third-order valence-electron chi connectivity index (χ3n) is 5.54. The Morgan fingerprint density at radius 2 is 2.03 bits per heavy atom. The first-order valence-electron chi connectivity index (χ1n) is 9.60. The Balaban J connectivity index is 1.72. The fourth-order valence-electron chi connectivity index (χ4n) is 3.80. The number of allylic oxidation sites excluding steroid dienone is 1. The molecule has 0 atom stereocenters. The first-order valence-corrected chi connectivity index (χ1v) is 11.8. The third kappa shape index (κ3) is 3.73. The highest BCUT2D eigenvalue weighted by atomic mass is 127. The van der Waals surface area contributed by atoms with Gasteiger partial charge in [-0.05, 0) is 48.6 Å². The minimum absolute atomic E-state index is 0.0551. The molecule has 0 bridgehead atoms. The maximum Gasteiger partial charge on any atom is 0.384 e. The molecule has 0 spiro atoms. The van der Waals surface area contributed by atoms with Crippen molar-refractivity contribution in [1.82, 2.24) is 4.98 Å². The van der Waals surface area contributed by atoms with Crippen LogP contribution in [0.25, 0.3) is 0 Å². The summed E-state index contributed by atoms with van der Waals surface area (Å²) in [5.74, 6) is 6.42. The molecule has 0 unspecified atom stereocenters. The number of aliphatic imine (C=N–C) groups is 1. The lowest BCUT2D eigenvalue weighted by molar-refractivity contribution is -0.352. The van der Waals surface area contributed by atoms with Crippen molar-refractivity contribution in [3.8, 4) is 0 Å². The largest absolute Gasteiger partial charge is 0.401 e. The quantitative estimate of drug-likeness (QED) is 0.223. The molecule has 0 aliphatic carbocycles. The number of nitrogens with zero attached hydrogens (tertiary/aromatic N) is 3. The molecule has 3 heterocycles. The van der Waals surface area contributed by atoms with Gasteiger partial charge in [0.15, 0.2) is 5.82 Å². The van der Waals surface area contributed by atoms with Gasteiger partial charge in [0.25, 0.3) is 5.91 Å². The molecule has 7 N–H and O–H groups in total. The topological polar surface area (TPSA) is 138 Å². The van der Waals surface area contributed by atoms with E-state index in [1.165, 1.54) is 0 Å². The Morgan fingerprint density at radius 1 is 1.34 bits per heavy atom. The zero-order chi connectivity index (χ0) is 23.4. The molecule has 8 nitrogen and oxygen atoms in total. The Morgan fingerprint density at radius 3 is 2.75 bits per heavy atom. The van der Waals surface area contributed by atoms with Gasteiger partial charge >= 0.3 is 5.95 Å². The van der Waals surface area contributed by atoms with Gasteiger partial charge < -0.3 is 11.5 Å². The molecule has 1 aromatic heterocycles. The summed E-state index contributed by atoms with van der Waals surface area (Å²) < 4.78 is 28.4. The number of fused-ring (bicyclic) bond motifs is 1. The van der Waals surface area contributed by atoms with Gasteiger partial charge in [-0.3, -0.25) is 4.79 Å². The van der Waals surface area contributed by atoms with Gasteiger partial charge in [-0.25, -0.2) is 19.6 Å². The van der Waals surface area contributed by atoms with Crippen molar-refractivity contribution >= 4 is 63.6 Å². The number of halogens is 3. The molecule has 1 amide bonds. The highest BCUT2D eigenvalue weighted by molar-refractivity contribution is 14.1. The number of H-pyrrole nitrogens is 1. The zero-order valence-corrected chi connectivity index (χ0v) is 20.3. The normalized spacial score (nSPS) is 20.2. The van der Waals surface area contributed by atoms with Crippen LogP contribution in [-0.4, -0.2) is 28.1 Å². The number of aromatic nitrogens is 2. The zero-order valence-electron chi connectivity index (χ0n) is 17.3. The summed E-state index contributed by atoms with van der Waals surface area (Å²) in [7, 11) is 0. The predicted molar refractivity (Wildman–Crippen MR) is 128 cm³/mol. The summed E-state index contributed by atoms with van der Waals surface area (Å²) in [5.41, 5.74) is 14.0. The Kier molecular flexibility index (Phi) is 5.88. The fourth-order valence-corrected chi connectivity index (χ4v) is 5.52. The van der Waals surface area contributed by atoms with Crippen LogP contribution in [0.15, 0.2) is 28.4 Å². The predicted octanol–water partition coefficient (Wildman–Crippen LogP) is 2.13. The molecule has 4 rings (SSSR count). The second-order valence-corrected chi connectivity index (χ2v) is 10.1. The van der Waals surface area contributed by atoms with E-state index >= 15 is 0 Å². The van der Waals surface area contributed by atoms with Gasteiger partial charge in [-0.2, -0.15) is 5.01 Å². The number of hydrogen-bond acceptors (Lipinski definition) is 7. The number of nitrogens with one attached hydrogen (secondary N) is 1. The highest BCUT2D eigenvalue weighted by Crippen LogP contribution is 2.40. The van der Waals surface area contributed by atoms with E-state index in [2.05, 4.69) is 15.0 Å². The molecule has 32 heavy (non-hydrogen) atoms. The number of hydrazine groups is 1. The lowest BCUT2D eigenvalue weighted by Crippen LogP contribution is -2.42. The van der Waals surface area contributed by atoms with E-state index in [1.807, 2.05) is 0 Å².